The molecule has 0 spiro atoms. The molecule has 2 aromatic rings. The number of sulfonamides is 2. The van der Waals surface area contributed by atoms with Gasteiger partial charge in [-0.2, -0.15) is 5.26 Å². The topological polar surface area (TPSA) is 123 Å². The number of nitriles is 1. The normalized spacial score (nSPS) is 14.9. The van der Waals surface area contributed by atoms with E-state index in [0.717, 1.165) is 38.1 Å². The molecule has 2 N–H and O–H groups in total. The average molecular weight is 486 g/mol. The van der Waals surface area contributed by atoms with Gasteiger partial charge in [0, 0.05) is 31.9 Å². The Morgan fingerprint density at radius 2 is 1.61 bits per heavy atom. The minimum atomic E-state index is -4.03. The molecule has 9 nitrogen and oxygen atoms in total. The number of benzene rings is 2. The second-order valence-electron chi connectivity index (χ2n) is 7.14. The van der Waals surface area contributed by atoms with Gasteiger partial charge in [0.15, 0.2) is 0 Å². The summed E-state index contributed by atoms with van der Waals surface area (Å²) in [5.74, 6) is 0. The van der Waals surface area contributed by atoms with E-state index < -0.39 is 20.0 Å². The zero-order chi connectivity index (χ0) is 21.9. The first kappa shape index (κ1) is 24.7. The highest BCUT2D eigenvalue weighted by Crippen LogP contribution is 2.31. The molecule has 3 rings (SSSR count). The predicted octanol–water partition coefficient (Wildman–Crippen LogP) is 1.90. The predicted molar refractivity (Wildman–Crippen MR) is 124 cm³/mol. The van der Waals surface area contributed by atoms with Gasteiger partial charge >= 0.3 is 0 Å². The van der Waals surface area contributed by atoms with Gasteiger partial charge in [-0.25, -0.2) is 16.8 Å². The number of halogens is 1. The Morgan fingerprint density at radius 1 is 0.935 bits per heavy atom. The third-order valence-electron chi connectivity index (χ3n) is 4.68. The van der Waals surface area contributed by atoms with E-state index in [-0.39, 0.29) is 34.2 Å². The highest BCUT2D eigenvalue weighted by Gasteiger charge is 2.20. The second-order valence-corrected chi connectivity index (χ2v) is 10.6. The van der Waals surface area contributed by atoms with E-state index in [0.29, 0.717) is 0 Å². The highest BCUT2D eigenvalue weighted by atomic mass is 35.5. The van der Waals surface area contributed by atoms with E-state index in [1.165, 1.54) is 30.3 Å². The van der Waals surface area contributed by atoms with Gasteiger partial charge in [-0.3, -0.25) is 9.44 Å². The molecular weight excluding hydrogens is 462 g/mol. The average Bonchev–Trinajstić information content (AvgIpc) is 2.69. The summed E-state index contributed by atoms with van der Waals surface area (Å²) in [5.41, 5.74) is 1.23. The zero-order valence-electron chi connectivity index (χ0n) is 17.1. The van der Waals surface area contributed by atoms with Gasteiger partial charge < -0.3 is 9.80 Å². The Kier molecular flexibility index (Phi) is 7.77. The fraction of sp³-hybridized carbons (Fsp3) is 0.316. The minimum Gasteiger partial charge on any atom is -0.369 e. The summed E-state index contributed by atoms with van der Waals surface area (Å²) in [7, 11) is -5.63. The lowest BCUT2D eigenvalue weighted by atomic mass is 10.2. The molecule has 1 fully saturated rings. The van der Waals surface area contributed by atoms with E-state index in [2.05, 4.69) is 19.2 Å². The van der Waals surface area contributed by atoms with Crippen molar-refractivity contribution in [1.29, 1.82) is 5.26 Å². The van der Waals surface area contributed by atoms with Crippen LogP contribution < -0.4 is 14.3 Å². The molecule has 0 aliphatic carbocycles. The van der Waals surface area contributed by atoms with Crippen LogP contribution in [0.25, 0.3) is 0 Å². The summed E-state index contributed by atoms with van der Waals surface area (Å²) in [6, 6.07) is 12.4. The Bertz CT molecular complexity index is 1190. The highest BCUT2D eigenvalue weighted by molar-refractivity contribution is 7.93. The molecule has 0 radical (unpaired) electrons. The Labute approximate surface area is 189 Å². The summed E-state index contributed by atoms with van der Waals surface area (Å²) in [6.45, 7) is 3.30. The molecule has 1 aliphatic rings. The van der Waals surface area contributed by atoms with Crippen molar-refractivity contribution in [2.24, 2.45) is 0 Å². The van der Waals surface area contributed by atoms with Gasteiger partial charge in [0.2, 0.25) is 10.0 Å². The van der Waals surface area contributed by atoms with Crippen LogP contribution in [0, 0.1) is 11.3 Å². The van der Waals surface area contributed by atoms with Crippen molar-refractivity contribution >= 4 is 49.5 Å². The van der Waals surface area contributed by atoms with Crippen molar-refractivity contribution in [1.82, 2.24) is 4.90 Å². The lowest BCUT2D eigenvalue weighted by Crippen LogP contribution is -2.44. The molecule has 1 aliphatic heterocycles. The first-order chi connectivity index (χ1) is 14.1. The molecule has 0 amide bonds. The molecule has 2 aromatic carbocycles. The van der Waals surface area contributed by atoms with E-state index in [1.807, 2.05) is 13.1 Å². The summed E-state index contributed by atoms with van der Waals surface area (Å²) < 4.78 is 54.1. The van der Waals surface area contributed by atoms with Crippen LogP contribution in [0.4, 0.5) is 17.1 Å². The van der Waals surface area contributed by atoms with E-state index in [4.69, 9.17) is 5.26 Å². The number of anilines is 3. The molecular formula is C19H24ClN5O4S2. The van der Waals surface area contributed by atoms with Gasteiger partial charge in [-0.05, 0) is 43.4 Å². The third-order valence-corrected chi connectivity index (χ3v) is 6.64. The van der Waals surface area contributed by atoms with Crippen LogP contribution >= 0.6 is 12.4 Å². The SMILES string of the molecule is CN1CCN(c2ccc(NS(=O)(=O)c3cccc(C#N)c3)c(NS(C)(=O)=O)c2)CC1.Cl. The molecule has 1 saturated heterocycles. The molecule has 31 heavy (non-hydrogen) atoms. The van der Waals surface area contributed by atoms with Crippen molar-refractivity contribution in [2.75, 3.05) is 53.8 Å². The monoisotopic (exact) mass is 485 g/mol. The largest absolute Gasteiger partial charge is 0.369 e. The van der Waals surface area contributed by atoms with Crippen LogP contribution in [0.3, 0.4) is 0 Å². The van der Waals surface area contributed by atoms with Crippen LogP contribution in [0.5, 0.6) is 0 Å². The standard InChI is InChI=1S/C19H23N5O4S2.ClH/c1-23-8-10-24(11-9-23)16-6-7-18(19(13-16)21-29(2,25)26)22-30(27,28)17-5-3-4-15(12-17)14-20;/h3-7,12-13,21-22H,8-11H2,1-2H3;1H. The van der Waals surface area contributed by atoms with Crippen molar-refractivity contribution in [3.63, 3.8) is 0 Å². The van der Waals surface area contributed by atoms with Crippen molar-refractivity contribution in [3.05, 3.63) is 48.0 Å². The van der Waals surface area contributed by atoms with Crippen LogP contribution in [0.2, 0.25) is 0 Å². The molecule has 0 atom stereocenters. The van der Waals surface area contributed by atoms with Crippen LogP contribution in [0.15, 0.2) is 47.4 Å². The van der Waals surface area contributed by atoms with Crippen LogP contribution in [-0.2, 0) is 20.0 Å². The summed E-state index contributed by atoms with van der Waals surface area (Å²) in [5, 5.41) is 9.01. The lowest BCUT2D eigenvalue weighted by molar-refractivity contribution is 0.313. The maximum absolute atomic E-state index is 12.8. The number of rotatable bonds is 6. The van der Waals surface area contributed by atoms with Crippen LogP contribution in [-0.4, -0.2) is 61.2 Å². The smallest absolute Gasteiger partial charge is 0.262 e. The van der Waals surface area contributed by atoms with E-state index in [1.54, 1.807) is 12.1 Å². The molecule has 0 bridgehead atoms. The maximum atomic E-state index is 12.8. The van der Waals surface area contributed by atoms with Gasteiger partial charge in [-0.15, -0.1) is 12.4 Å². The number of piperazine rings is 1. The first-order valence-corrected chi connectivity index (χ1v) is 12.5. The zero-order valence-corrected chi connectivity index (χ0v) is 19.5. The van der Waals surface area contributed by atoms with Gasteiger partial charge in [0.1, 0.15) is 0 Å². The summed E-state index contributed by atoms with van der Waals surface area (Å²) >= 11 is 0. The van der Waals surface area contributed by atoms with Gasteiger partial charge in [0.05, 0.1) is 34.2 Å². The molecule has 0 aromatic heterocycles. The van der Waals surface area contributed by atoms with Crippen molar-refractivity contribution in [3.8, 4) is 6.07 Å². The summed E-state index contributed by atoms with van der Waals surface area (Å²) in [4.78, 5) is 4.22. The quantitative estimate of drug-likeness (QED) is 0.640. The first-order valence-electron chi connectivity index (χ1n) is 9.16. The van der Waals surface area contributed by atoms with Crippen molar-refractivity contribution in [2.45, 2.75) is 4.90 Å². The van der Waals surface area contributed by atoms with Gasteiger partial charge in [-0.1, -0.05) is 6.07 Å². The molecule has 168 valence electrons. The number of hydrogen-bond donors (Lipinski definition) is 2. The fourth-order valence-corrected chi connectivity index (χ4v) is 4.80. The number of nitrogens with zero attached hydrogens (tertiary/aromatic N) is 3. The van der Waals surface area contributed by atoms with Gasteiger partial charge in [0.25, 0.3) is 10.0 Å². The number of likely N-dealkylation sites (N-methyl/N-ethyl adjacent to an activating group) is 1. The Morgan fingerprint density at radius 3 is 2.23 bits per heavy atom. The molecule has 1 heterocycles. The second kappa shape index (κ2) is 9.74. The number of nitrogens with one attached hydrogen (secondary N) is 2. The number of hydrogen-bond acceptors (Lipinski definition) is 7. The van der Waals surface area contributed by atoms with Crippen molar-refractivity contribution < 1.29 is 16.8 Å². The molecule has 0 unspecified atom stereocenters. The fourth-order valence-electron chi connectivity index (χ4n) is 3.10. The Balaban J connectivity index is 0.00000341. The van der Waals surface area contributed by atoms with E-state index >= 15 is 0 Å². The maximum Gasteiger partial charge on any atom is 0.262 e. The molecule has 0 saturated carbocycles. The summed E-state index contributed by atoms with van der Waals surface area (Å²) in [6.07, 6.45) is 1.00. The molecule has 12 heteroatoms. The third kappa shape index (κ3) is 6.48. The van der Waals surface area contributed by atoms with Crippen LogP contribution in [0.1, 0.15) is 5.56 Å². The lowest BCUT2D eigenvalue weighted by Gasteiger charge is -2.34. The minimum absolute atomic E-state index is 0. The Hall–Kier alpha value is -2.52. The van der Waals surface area contributed by atoms with E-state index in [9.17, 15) is 16.8 Å².